The van der Waals surface area contributed by atoms with E-state index in [0.717, 1.165) is 39.1 Å². The highest BCUT2D eigenvalue weighted by atomic mass is 35.5. The van der Waals surface area contributed by atoms with Crippen molar-refractivity contribution in [2.45, 2.75) is 37.5 Å². The largest absolute Gasteiger partial charge is 0.506 e. The molecule has 1 aliphatic heterocycles. The van der Waals surface area contributed by atoms with Gasteiger partial charge in [-0.05, 0) is 64.9 Å². The van der Waals surface area contributed by atoms with E-state index in [2.05, 4.69) is 4.98 Å². The third-order valence-electron chi connectivity index (χ3n) is 8.16. The molecule has 4 aromatic rings. The normalized spacial score (nSPS) is 19.6. The molecule has 1 saturated carbocycles. The van der Waals surface area contributed by atoms with E-state index in [4.69, 9.17) is 11.6 Å². The van der Waals surface area contributed by atoms with Gasteiger partial charge in [0.05, 0.1) is 16.0 Å². The molecule has 0 saturated heterocycles. The molecule has 2 N–H and O–H groups in total. The molecular formula is C32H27ClN2O4. The van der Waals surface area contributed by atoms with Gasteiger partial charge in [0.25, 0.3) is 0 Å². The number of carbonyl (C=O) groups excluding carboxylic acids is 1. The number of fused-ring (bicyclic) bond motifs is 2. The number of aromatic nitrogens is 1. The molecule has 1 aliphatic carbocycles. The van der Waals surface area contributed by atoms with Crippen molar-refractivity contribution in [3.05, 3.63) is 100 Å². The molecule has 0 bridgehead atoms. The van der Waals surface area contributed by atoms with Crippen LogP contribution in [0.1, 0.15) is 59.2 Å². The van der Waals surface area contributed by atoms with Crippen LogP contribution < -0.4 is 4.90 Å². The van der Waals surface area contributed by atoms with Gasteiger partial charge in [0.1, 0.15) is 11.4 Å². The number of carbonyl (C=O) groups is 2. The first kappa shape index (κ1) is 25.1. The topological polar surface area (TPSA) is 90.7 Å². The maximum absolute atomic E-state index is 13.7. The number of amides is 1. The van der Waals surface area contributed by atoms with Crippen molar-refractivity contribution >= 4 is 29.2 Å². The van der Waals surface area contributed by atoms with Crippen LogP contribution in [0, 0.1) is 0 Å². The van der Waals surface area contributed by atoms with Crippen LogP contribution in [0.15, 0.2) is 72.9 Å². The molecule has 1 amide bonds. The second kappa shape index (κ2) is 8.95. The van der Waals surface area contributed by atoms with Crippen molar-refractivity contribution in [3.63, 3.8) is 0 Å². The zero-order valence-corrected chi connectivity index (χ0v) is 22.5. The predicted octanol–water partition coefficient (Wildman–Crippen LogP) is 7.00. The van der Waals surface area contributed by atoms with Crippen LogP contribution in [0.5, 0.6) is 5.75 Å². The van der Waals surface area contributed by atoms with Gasteiger partial charge in [-0.15, -0.1) is 0 Å². The van der Waals surface area contributed by atoms with Crippen LogP contribution in [-0.2, 0) is 10.2 Å². The van der Waals surface area contributed by atoms with Crippen LogP contribution >= 0.6 is 11.6 Å². The van der Waals surface area contributed by atoms with Crippen LogP contribution in [0.3, 0.4) is 0 Å². The number of likely N-dealkylation sites (N-methyl/N-ethyl adjacent to an activating group) is 1. The molecule has 1 spiro atoms. The van der Waals surface area contributed by atoms with Crippen LogP contribution in [-0.4, -0.2) is 34.1 Å². The zero-order chi connectivity index (χ0) is 27.6. The second-order valence-electron chi connectivity index (χ2n) is 10.7. The maximum Gasteiger partial charge on any atom is 0.335 e. The summed E-state index contributed by atoms with van der Waals surface area (Å²) in [6.07, 6.45) is 2.25. The summed E-state index contributed by atoms with van der Waals surface area (Å²) in [7, 11) is 1.76. The smallest absolute Gasteiger partial charge is 0.335 e. The van der Waals surface area contributed by atoms with Gasteiger partial charge in [0, 0.05) is 36.0 Å². The number of pyridine rings is 1. The number of benzene rings is 3. The van der Waals surface area contributed by atoms with Gasteiger partial charge in [0.2, 0.25) is 5.91 Å². The lowest BCUT2D eigenvalue weighted by molar-refractivity contribution is -0.120. The molecule has 7 heteroatoms. The maximum atomic E-state index is 13.7. The van der Waals surface area contributed by atoms with E-state index in [1.807, 2.05) is 62.4 Å². The lowest BCUT2D eigenvalue weighted by atomic mass is 9.88. The van der Waals surface area contributed by atoms with Gasteiger partial charge in [-0.1, -0.05) is 61.8 Å². The number of aromatic carboxylic acids is 1. The summed E-state index contributed by atoms with van der Waals surface area (Å²) in [6.45, 7) is 3.95. The number of anilines is 1. The molecule has 6 rings (SSSR count). The number of rotatable bonds is 5. The molecule has 1 aromatic heterocycles. The lowest BCUT2D eigenvalue weighted by Crippen LogP contribution is -2.29. The van der Waals surface area contributed by atoms with Gasteiger partial charge in [-0.25, -0.2) is 4.79 Å². The number of carboxylic acids is 1. The SMILES string of the molecule is CC(C)c1ccc(C2CC23C(=O)N(C)c2cc(Cl)c(-c4ccc(-c5ncccc5O)cc4)cc23)cc1C(=O)O. The Morgan fingerprint density at radius 1 is 1.08 bits per heavy atom. The minimum Gasteiger partial charge on any atom is -0.506 e. The van der Waals surface area contributed by atoms with E-state index >= 15 is 0 Å². The number of hydrogen-bond donors (Lipinski definition) is 2. The summed E-state index contributed by atoms with van der Waals surface area (Å²) in [6, 6.07) is 20.4. The molecular weight excluding hydrogens is 512 g/mol. The fourth-order valence-corrected chi connectivity index (χ4v) is 6.32. The quantitative estimate of drug-likeness (QED) is 0.285. The summed E-state index contributed by atoms with van der Waals surface area (Å²) in [4.78, 5) is 31.6. The van der Waals surface area contributed by atoms with Crippen molar-refractivity contribution in [2.24, 2.45) is 0 Å². The first-order valence-corrected chi connectivity index (χ1v) is 13.3. The number of aromatic hydroxyl groups is 1. The Labute approximate surface area is 231 Å². The van der Waals surface area contributed by atoms with Gasteiger partial charge in [-0.3, -0.25) is 9.78 Å². The van der Waals surface area contributed by atoms with Crippen LogP contribution in [0.25, 0.3) is 22.4 Å². The third kappa shape index (κ3) is 3.81. The minimum atomic E-state index is -0.956. The molecule has 1 fully saturated rings. The van der Waals surface area contributed by atoms with Crippen molar-refractivity contribution in [1.29, 1.82) is 0 Å². The third-order valence-corrected chi connectivity index (χ3v) is 8.48. The number of nitrogens with zero attached hydrogens (tertiary/aromatic N) is 2. The predicted molar refractivity (Wildman–Crippen MR) is 152 cm³/mol. The summed E-state index contributed by atoms with van der Waals surface area (Å²) in [5, 5.41) is 20.5. The highest BCUT2D eigenvalue weighted by Gasteiger charge is 2.66. The van der Waals surface area contributed by atoms with E-state index in [1.165, 1.54) is 0 Å². The van der Waals surface area contributed by atoms with Gasteiger partial charge in [-0.2, -0.15) is 0 Å². The summed E-state index contributed by atoms with van der Waals surface area (Å²) in [5.74, 6) is -0.882. The Kier molecular flexibility index (Phi) is 5.77. The van der Waals surface area contributed by atoms with Gasteiger partial charge in [0.15, 0.2) is 0 Å². The highest BCUT2D eigenvalue weighted by molar-refractivity contribution is 6.34. The average molecular weight is 539 g/mol. The number of hydrogen-bond acceptors (Lipinski definition) is 4. The average Bonchev–Trinajstić information content (AvgIpc) is 3.65. The summed E-state index contributed by atoms with van der Waals surface area (Å²) in [5.41, 5.74) is 5.86. The van der Waals surface area contributed by atoms with Crippen LogP contribution in [0.4, 0.5) is 5.69 Å². The molecule has 196 valence electrons. The standard InChI is InChI=1S/C32H27ClN2O4/c1-17(2)21-11-10-20(13-23(21)30(37)38)25-16-32(25)24-14-22(26(33)15-27(24)35(3)31(32)39)18-6-8-19(9-7-18)29-28(36)5-4-12-34-29/h4-15,17,25,36H,16H2,1-3H3,(H,37,38). The second-order valence-corrected chi connectivity index (χ2v) is 11.1. The van der Waals surface area contributed by atoms with Crippen LogP contribution in [0.2, 0.25) is 5.02 Å². The highest BCUT2D eigenvalue weighted by Crippen LogP contribution is 2.67. The first-order chi connectivity index (χ1) is 18.6. The Balaban J connectivity index is 1.40. The Hall–Kier alpha value is -4.16. The van der Waals surface area contributed by atoms with E-state index < -0.39 is 11.4 Å². The molecule has 2 aliphatic rings. The molecule has 39 heavy (non-hydrogen) atoms. The monoisotopic (exact) mass is 538 g/mol. The summed E-state index contributed by atoms with van der Waals surface area (Å²) >= 11 is 6.75. The minimum absolute atomic E-state index is 0.00139. The van der Waals surface area contributed by atoms with Crippen molar-refractivity contribution < 1.29 is 19.8 Å². The zero-order valence-electron chi connectivity index (χ0n) is 21.8. The van der Waals surface area contributed by atoms with Crippen molar-refractivity contribution in [1.82, 2.24) is 4.98 Å². The first-order valence-electron chi connectivity index (χ1n) is 12.9. The number of carboxylic acid groups (broad SMARTS) is 1. The van der Waals surface area contributed by atoms with E-state index in [0.29, 0.717) is 22.7 Å². The van der Waals surface area contributed by atoms with E-state index in [9.17, 15) is 19.8 Å². The molecule has 6 nitrogen and oxygen atoms in total. The van der Waals surface area contributed by atoms with Crippen molar-refractivity contribution in [3.8, 4) is 28.1 Å². The molecule has 0 radical (unpaired) electrons. The van der Waals surface area contributed by atoms with E-state index in [1.54, 1.807) is 36.3 Å². The lowest BCUT2D eigenvalue weighted by Gasteiger charge is -2.15. The summed E-state index contributed by atoms with van der Waals surface area (Å²) < 4.78 is 0. The Morgan fingerprint density at radius 3 is 2.46 bits per heavy atom. The fraction of sp³-hybridized carbons (Fsp3) is 0.219. The fourth-order valence-electron chi connectivity index (χ4n) is 6.05. The molecule has 3 aromatic carbocycles. The molecule has 2 heterocycles. The Morgan fingerprint density at radius 2 is 1.79 bits per heavy atom. The molecule has 2 atom stereocenters. The van der Waals surface area contributed by atoms with Gasteiger partial charge < -0.3 is 15.1 Å². The molecule has 2 unspecified atom stereocenters. The number of halogens is 1. The van der Waals surface area contributed by atoms with Crippen molar-refractivity contribution in [2.75, 3.05) is 11.9 Å². The Bertz CT molecular complexity index is 1660. The van der Waals surface area contributed by atoms with Gasteiger partial charge >= 0.3 is 5.97 Å². The van der Waals surface area contributed by atoms with E-state index in [-0.39, 0.29) is 23.5 Å².